The Morgan fingerprint density at radius 2 is 2.21 bits per heavy atom. The van der Waals surface area contributed by atoms with E-state index in [9.17, 15) is 9.90 Å². The van der Waals surface area contributed by atoms with E-state index >= 15 is 0 Å². The molecule has 0 aromatic carbocycles. The van der Waals surface area contributed by atoms with Crippen molar-refractivity contribution in [1.82, 2.24) is 10.3 Å². The third-order valence-corrected chi connectivity index (χ3v) is 4.54. The Morgan fingerprint density at radius 3 is 2.79 bits per heavy atom. The Labute approximate surface area is 117 Å². The fraction of sp³-hybridized carbons (Fsp3) is 0.692. The van der Waals surface area contributed by atoms with Crippen molar-refractivity contribution < 1.29 is 9.90 Å². The fourth-order valence-corrected chi connectivity index (χ4v) is 3.17. The van der Waals surface area contributed by atoms with Gasteiger partial charge in [0.25, 0.3) is 0 Å². The number of nitrogens with zero attached hydrogens (tertiary/aromatic N) is 1. The molecule has 1 heterocycles. The second-order valence-corrected chi connectivity index (χ2v) is 6.24. The zero-order chi connectivity index (χ0) is 13.7. The number of hydrogen-bond acceptors (Lipinski definition) is 5. The lowest BCUT2D eigenvalue weighted by atomic mass is 9.74. The summed E-state index contributed by atoms with van der Waals surface area (Å²) >= 11 is 1.34. The number of thiazole rings is 1. The van der Waals surface area contributed by atoms with Gasteiger partial charge in [-0.1, -0.05) is 19.3 Å². The van der Waals surface area contributed by atoms with E-state index in [1.54, 1.807) is 5.38 Å². The highest BCUT2D eigenvalue weighted by atomic mass is 32.1. The predicted molar refractivity (Wildman–Crippen MR) is 75.8 cm³/mol. The SMILES string of the molecule is Nc1nc(CC(=O)NCC2(CO)CCCCC2)cs1. The van der Waals surface area contributed by atoms with Crippen LogP contribution in [0.5, 0.6) is 0 Å². The molecule has 1 amide bonds. The number of nitrogen functional groups attached to an aromatic ring is 1. The summed E-state index contributed by atoms with van der Waals surface area (Å²) in [6.45, 7) is 0.707. The molecule has 0 aliphatic heterocycles. The molecule has 19 heavy (non-hydrogen) atoms. The number of carbonyl (C=O) groups is 1. The molecule has 1 aromatic heterocycles. The number of hydrogen-bond donors (Lipinski definition) is 3. The van der Waals surface area contributed by atoms with Crippen LogP contribution in [0.3, 0.4) is 0 Å². The average Bonchev–Trinajstić information content (AvgIpc) is 2.83. The Kier molecular flexibility index (Phi) is 4.76. The number of anilines is 1. The van der Waals surface area contributed by atoms with Crippen molar-refractivity contribution in [3.63, 3.8) is 0 Å². The number of amides is 1. The standard InChI is InChI=1S/C13H21N3O2S/c14-12-16-10(7-19-12)6-11(18)15-8-13(9-17)4-2-1-3-5-13/h7,17H,1-6,8-9H2,(H2,14,16)(H,15,18). The third-order valence-electron chi connectivity index (χ3n) is 3.82. The summed E-state index contributed by atoms with van der Waals surface area (Å²) < 4.78 is 0. The number of nitrogens with two attached hydrogens (primary N) is 1. The van der Waals surface area contributed by atoms with Gasteiger partial charge in [-0.25, -0.2) is 4.98 Å². The van der Waals surface area contributed by atoms with Crippen LogP contribution in [0.25, 0.3) is 0 Å². The molecule has 0 atom stereocenters. The first-order valence-corrected chi connectivity index (χ1v) is 7.59. The summed E-state index contributed by atoms with van der Waals surface area (Å²) in [5, 5.41) is 14.8. The Morgan fingerprint density at radius 1 is 1.47 bits per heavy atom. The van der Waals surface area contributed by atoms with Crippen molar-refractivity contribution in [2.24, 2.45) is 5.41 Å². The summed E-state index contributed by atoms with van der Waals surface area (Å²) in [5.41, 5.74) is 6.12. The van der Waals surface area contributed by atoms with Gasteiger partial charge in [0.1, 0.15) is 0 Å². The van der Waals surface area contributed by atoms with Gasteiger partial charge in [0.05, 0.1) is 18.7 Å². The molecule has 1 aliphatic carbocycles. The van der Waals surface area contributed by atoms with Crippen LogP contribution >= 0.6 is 11.3 Å². The van der Waals surface area contributed by atoms with Gasteiger partial charge < -0.3 is 16.2 Å². The maximum atomic E-state index is 11.9. The second-order valence-electron chi connectivity index (χ2n) is 5.35. The van der Waals surface area contributed by atoms with Crippen LogP contribution in [0, 0.1) is 5.41 Å². The van der Waals surface area contributed by atoms with Crippen molar-refractivity contribution in [3.8, 4) is 0 Å². The van der Waals surface area contributed by atoms with Crippen molar-refractivity contribution >= 4 is 22.4 Å². The van der Waals surface area contributed by atoms with Gasteiger partial charge in [-0.3, -0.25) is 4.79 Å². The summed E-state index contributed by atoms with van der Waals surface area (Å²) in [7, 11) is 0. The van der Waals surface area contributed by atoms with Crippen LogP contribution in [0.2, 0.25) is 0 Å². The number of carbonyl (C=O) groups excluding carboxylic acids is 1. The molecule has 0 spiro atoms. The first kappa shape index (κ1) is 14.3. The second kappa shape index (κ2) is 6.34. The highest BCUT2D eigenvalue weighted by molar-refractivity contribution is 7.13. The molecule has 1 saturated carbocycles. The molecule has 1 aliphatic rings. The Bertz CT molecular complexity index is 427. The molecule has 2 rings (SSSR count). The van der Waals surface area contributed by atoms with Crippen LogP contribution in [0.15, 0.2) is 5.38 Å². The van der Waals surface area contributed by atoms with Crippen LogP contribution < -0.4 is 11.1 Å². The summed E-state index contributed by atoms with van der Waals surface area (Å²) in [6.07, 6.45) is 5.75. The van der Waals surface area contributed by atoms with E-state index in [1.807, 2.05) is 0 Å². The average molecular weight is 283 g/mol. The fourth-order valence-electron chi connectivity index (χ4n) is 2.61. The van der Waals surface area contributed by atoms with E-state index in [0.717, 1.165) is 25.7 Å². The quantitative estimate of drug-likeness (QED) is 0.760. The monoisotopic (exact) mass is 283 g/mol. The summed E-state index contributed by atoms with van der Waals surface area (Å²) in [4.78, 5) is 15.9. The van der Waals surface area contributed by atoms with Gasteiger partial charge in [-0.05, 0) is 12.8 Å². The first-order valence-electron chi connectivity index (χ1n) is 6.71. The van der Waals surface area contributed by atoms with E-state index in [2.05, 4.69) is 10.3 Å². The number of aliphatic hydroxyl groups excluding tert-OH is 1. The molecular weight excluding hydrogens is 262 g/mol. The van der Waals surface area contributed by atoms with Gasteiger partial charge in [0.15, 0.2) is 5.13 Å². The topological polar surface area (TPSA) is 88.2 Å². The minimum atomic E-state index is -0.116. The summed E-state index contributed by atoms with van der Waals surface area (Å²) in [5.74, 6) is -0.0521. The highest BCUT2D eigenvalue weighted by Gasteiger charge is 2.31. The van der Waals surface area contributed by atoms with Crippen LogP contribution in [0.4, 0.5) is 5.13 Å². The van der Waals surface area contributed by atoms with Crippen molar-refractivity contribution in [3.05, 3.63) is 11.1 Å². The molecule has 4 N–H and O–H groups in total. The molecule has 0 bridgehead atoms. The molecule has 106 valence electrons. The van der Waals surface area contributed by atoms with Crippen LogP contribution in [-0.4, -0.2) is 29.1 Å². The molecule has 0 saturated heterocycles. The predicted octanol–water partition coefficient (Wildman–Crippen LogP) is 1.33. The molecule has 1 fully saturated rings. The minimum Gasteiger partial charge on any atom is -0.396 e. The maximum absolute atomic E-state index is 11.9. The molecular formula is C13H21N3O2S. The van der Waals surface area contributed by atoms with E-state index in [0.29, 0.717) is 17.4 Å². The third kappa shape index (κ3) is 3.91. The number of nitrogens with one attached hydrogen (secondary N) is 1. The zero-order valence-electron chi connectivity index (χ0n) is 11.0. The van der Waals surface area contributed by atoms with Crippen molar-refractivity contribution in [1.29, 1.82) is 0 Å². The van der Waals surface area contributed by atoms with Crippen LogP contribution in [-0.2, 0) is 11.2 Å². The van der Waals surface area contributed by atoms with E-state index in [4.69, 9.17) is 5.73 Å². The van der Waals surface area contributed by atoms with Gasteiger partial charge in [0, 0.05) is 17.3 Å². The number of aromatic nitrogens is 1. The Hall–Kier alpha value is -1.14. The zero-order valence-corrected chi connectivity index (χ0v) is 11.8. The van der Waals surface area contributed by atoms with Gasteiger partial charge in [-0.2, -0.15) is 0 Å². The lowest BCUT2D eigenvalue weighted by Gasteiger charge is -2.35. The highest BCUT2D eigenvalue weighted by Crippen LogP contribution is 2.35. The van der Waals surface area contributed by atoms with Crippen LogP contribution in [0.1, 0.15) is 37.8 Å². The first-order chi connectivity index (χ1) is 9.13. The molecule has 1 aromatic rings. The number of rotatable bonds is 5. The lowest BCUT2D eigenvalue weighted by Crippen LogP contribution is -2.41. The van der Waals surface area contributed by atoms with Gasteiger partial charge in [0.2, 0.25) is 5.91 Å². The molecule has 6 heteroatoms. The van der Waals surface area contributed by atoms with E-state index < -0.39 is 0 Å². The van der Waals surface area contributed by atoms with E-state index in [-0.39, 0.29) is 24.3 Å². The smallest absolute Gasteiger partial charge is 0.226 e. The normalized spacial score (nSPS) is 18.2. The van der Waals surface area contributed by atoms with Crippen molar-refractivity contribution in [2.75, 3.05) is 18.9 Å². The van der Waals surface area contributed by atoms with Crippen molar-refractivity contribution in [2.45, 2.75) is 38.5 Å². The van der Waals surface area contributed by atoms with Gasteiger partial charge in [-0.15, -0.1) is 11.3 Å². The molecule has 0 unspecified atom stereocenters. The molecule has 0 radical (unpaired) electrons. The lowest BCUT2D eigenvalue weighted by molar-refractivity contribution is -0.121. The van der Waals surface area contributed by atoms with Gasteiger partial charge >= 0.3 is 0 Å². The Balaban J connectivity index is 1.82. The summed E-state index contributed by atoms with van der Waals surface area (Å²) in [6, 6.07) is 0. The van der Waals surface area contributed by atoms with E-state index in [1.165, 1.54) is 17.8 Å². The minimum absolute atomic E-state index is 0.0521. The maximum Gasteiger partial charge on any atom is 0.226 e. The number of aliphatic hydroxyl groups is 1. The largest absolute Gasteiger partial charge is 0.396 e. The molecule has 5 nitrogen and oxygen atoms in total.